The monoisotopic (exact) mass is 265 g/mol. The van der Waals surface area contributed by atoms with Crippen molar-refractivity contribution in [1.29, 1.82) is 0 Å². The maximum absolute atomic E-state index is 12.1. The summed E-state index contributed by atoms with van der Waals surface area (Å²) >= 11 is 0. The molecule has 104 valence electrons. The van der Waals surface area contributed by atoms with Gasteiger partial charge in [-0.3, -0.25) is 9.59 Å². The number of hydrogen-bond acceptors (Lipinski definition) is 4. The van der Waals surface area contributed by atoms with Gasteiger partial charge in [-0.1, -0.05) is 0 Å². The number of ether oxygens (including phenoxy) is 1. The molecule has 19 heavy (non-hydrogen) atoms. The van der Waals surface area contributed by atoms with Crippen LogP contribution in [-0.2, 0) is 9.53 Å². The van der Waals surface area contributed by atoms with E-state index in [0.717, 1.165) is 0 Å². The van der Waals surface area contributed by atoms with Crippen LogP contribution in [0.15, 0.2) is 18.2 Å². The Kier molecular flexibility index (Phi) is 5.36. The molecule has 5 nitrogen and oxygen atoms in total. The smallest absolute Gasteiger partial charge is 0.305 e. The van der Waals surface area contributed by atoms with Crippen LogP contribution in [0.25, 0.3) is 0 Å². The van der Waals surface area contributed by atoms with Crippen LogP contribution in [0, 0.1) is 6.92 Å². The second-order valence-corrected chi connectivity index (χ2v) is 4.41. The first-order valence-electron chi connectivity index (χ1n) is 6.07. The zero-order chi connectivity index (χ0) is 14.4. The molecule has 0 aliphatic heterocycles. The highest BCUT2D eigenvalue weighted by Crippen LogP contribution is 2.17. The molecule has 0 bridgehead atoms. The second kappa shape index (κ2) is 6.78. The minimum Gasteiger partial charge on any atom is -0.508 e. The van der Waals surface area contributed by atoms with Gasteiger partial charge >= 0.3 is 5.97 Å². The Balaban J connectivity index is 2.56. The number of methoxy groups -OCH3 is 1. The van der Waals surface area contributed by atoms with Crippen LogP contribution in [0.1, 0.15) is 28.8 Å². The fourth-order valence-electron chi connectivity index (χ4n) is 1.67. The van der Waals surface area contributed by atoms with Crippen molar-refractivity contribution in [3.63, 3.8) is 0 Å². The van der Waals surface area contributed by atoms with Crippen molar-refractivity contribution < 1.29 is 19.4 Å². The topological polar surface area (TPSA) is 66.8 Å². The van der Waals surface area contributed by atoms with E-state index in [1.807, 2.05) is 0 Å². The Morgan fingerprint density at radius 3 is 2.63 bits per heavy atom. The zero-order valence-corrected chi connectivity index (χ0v) is 11.5. The van der Waals surface area contributed by atoms with Gasteiger partial charge in [0, 0.05) is 25.6 Å². The number of aryl methyl sites for hydroxylation is 1. The largest absolute Gasteiger partial charge is 0.508 e. The molecule has 0 aliphatic carbocycles. The fraction of sp³-hybridized carbons (Fsp3) is 0.429. The lowest BCUT2D eigenvalue weighted by molar-refractivity contribution is -0.140. The standard InChI is InChI=1S/C14H19NO4/c1-10-9-11(6-7-12(10)16)14(18)15(2)8-4-5-13(17)19-3/h6-7,9,16H,4-5,8H2,1-3H3. The van der Waals surface area contributed by atoms with E-state index in [1.54, 1.807) is 31.0 Å². The van der Waals surface area contributed by atoms with Crippen molar-refractivity contribution >= 4 is 11.9 Å². The molecule has 1 rings (SSSR count). The highest BCUT2D eigenvalue weighted by molar-refractivity contribution is 5.94. The number of hydrogen-bond donors (Lipinski definition) is 1. The third-order valence-electron chi connectivity index (χ3n) is 2.89. The number of rotatable bonds is 5. The molecule has 0 atom stereocenters. The van der Waals surface area contributed by atoms with Gasteiger partial charge in [0.25, 0.3) is 5.91 Å². The SMILES string of the molecule is COC(=O)CCCN(C)C(=O)c1ccc(O)c(C)c1. The van der Waals surface area contributed by atoms with Crippen LogP contribution >= 0.6 is 0 Å². The normalized spacial score (nSPS) is 10.1. The fourth-order valence-corrected chi connectivity index (χ4v) is 1.67. The Labute approximate surface area is 112 Å². The molecule has 1 aromatic carbocycles. The first kappa shape index (κ1) is 15.0. The van der Waals surface area contributed by atoms with Gasteiger partial charge in [-0.15, -0.1) is 0 Å². The van der Waals surface area contributed by atoms with Gasteiger partial charge < -0.3 is 14.7 Å². The van der Waals surface area contributed by atoms with Crippen LogP contribution < -0.4 is 0 Å². The van der Waals surface area contributed by atoms with E-state index in [1.165, 1.54) is 13.2 Å². The van der Waals surface area contributed by atoms with Crippen LogP contribution in [0.5, 0.6) is 5.75 Å². The summed E-state index contributed by atoms with van der Waals surface area (Å²) < 4.78 is 4.54. The first-order valence-corrected chi connectivity index (χ1v) is 6.07. The maximum Gasteiger partial charge on any atom is 0.305 e. The molecule has 0 radical (unpaired) electrons. The van der Waals surface area contributed by atoms with E-state index in [2.05, 4.69) is 4.74 Å². The first-order chi connectivity index (χ1) is 8.95. The molecule has 0 fully saturated rings. The molecule has 1 amide bonds. The van der Waals surface area contributed by atoms with E-state index >= 15 is 0 Å². The average Bonchev–Trinajstić information content (AvgIpc) is 2.40. The van der Waals surface area contributed by atoms with E-state index in [9.17, 15) is 14.7 Å². The molecule has 0 aromatic heterocycles. The van der Waals surface area contributed by atoms with Crippen molar-refractivity contribution in [1.82, 2.24) is 4.90 Å². The lowest BCUT2D eigenvalue weighted by atomic mass is 10.1. The number of carbonyl (C=O) groups excluding carboxylic acids is 2. The van der Waals surface area contributed by atoms with Crippen LogP contribution in [0.3, 0.4) is 0 Å². The van der Waals surface area contributed by atoms with Crippen molar-refractivity contribution in [2.75, 3.05) is 20.7 Å². The molecule has 0 heterocycles. The Morgan fingerprint density at radius 1 is 1.37 bits per heavy atom. The molecule has 1 aromatic rings. The van der Waals surface area contributed by atoms with Crippen molar-refractivity contribution in [2.45, 2.75) is 19.8 Å². The van der Waals surface area contributed by atoms with Gasteiger partial charge in [-0.25, -0.2) is 0 Å². The lowest BCUT2D eigenvalue weighted by Crippen LogP contribution is -2.28. The maximum atomic E-state index is 12.1. The van der Waals surface area contributed by atoms with Crippen molar-refractivity contribution in [3.05, 3.63) is 29.3 Å². The predicted molar refractivity (Wildman–Crippen MR) is 71.1 cm³/mol. The quantitative estimate of drug-likeness (QED) is 0.823. The van der Waals surface area contributed by atoms with E-state index in [0.29, 0.717) is 30.5 Å². The van der Waals surface area contributed by atoms with Gasteiger partial charge in [0.1, 0.15) is 5.75 Å². The molecule has 0 spiro atoms. The van der Waals surface area contributed by atoms with Crippen molar-refractivity contribution in [2.24, 2.45) is 0 Å². The molecular weight excluding hydrogens is 246 g/mol. The third-order valence-corrected chi connectivity index (χ3v) is 2.89. The van der Waals surface area contributed by atoms with E-state index < -0.39 is 0 Å². The van der Waals surface area contributed by atoms with Crippen molar-refractivity contribution in [3.8, 4) is 5.75 Å². The van der Waals surface area contributed by atoms with Gasteiger partial charge in [-0.2, -0.15) is 0 Å². The van der Waals surface area contributed by atoms with Gasteiger partial charge in [0.05, 0.1) is 7.11 Å². The van der Waals surface area contributed by atoms with Gasteiger partial charge in [0.15, 0.2) is 0 Å². The highest BCUT2D eigenvalue weighted by atomic mass is 16.5. The number of phenols is 1. The minimum absolute atomic E-state index is 0.132. The molecule has 0 unspecified atom stereocenters. The van der Waals surface area contributed by atoms with Crippen LogP contribution in [-0.4, -0.2) is 42.6 Å². The molecular formula is C14H19NO4. The average molecular weight is 265 g/mol. The number of phenolic OH excluding ortho intramolecular Hbond substituents is 1. The number of nitrogens with zero attached hydrogens (tertiary/aromatic N) is 1. The van der Waals surface area contributed by atoms with E-state index in [4.69, 9.17) is 0 Å². The zero-order valence-electron chi connectivity index (χ0n) is 11.5. The Bertz CT molecular complexity index is 471. The summed E-state index contributed by atoms with van der Waals surface area (Å²) in [5.74, 6) is -0.237. The second-order valence-electron chi connectivity index (χ2n) is 4.41. The number of aromatic hydroxyl groups is 1. The summed E-state index contributed by atoms with van der Waals surface area (Å²) in [5, 5.41) is 9.42. The molecule has 0 aliphatic rings. The lowest BCUT2D eigenvalue weighted by Gasteiger charge is -2.17. The Hall–Kier alpha value is -2.04. The summed E-state index contributed by atoms with van der Waals surface area (Å²) in [6.07, 6.45) is 0.856. The molecule has 5 heteroatoms. The Morgan fingerprint density at radius 2 is 2.05 bits per heavy atom. The molecule has 1 N–H and O–H groups in total. The third kappa shape index (κ3) is 4.28. The summed E-state index contributed by atoms with van der Waals surface area (Å²) in [6.45, 7) is 2.22. The van der Waals surface area contributed by atoms with Crippen LogP contribution in [0.2, 0.25) is 0 Å². The van der Waals surface area contributed by atoms with Gasteiger partial charge in [-0.05, 0) is 37.1 Å². The summed E-state index contributed by atoms with van der Waals surface area (Å²) in [7, 11) is 3.03. The number of amides is 1. The number of carbonyl (C=O) groups is 2. The van der Waals surface area contributed by atoms with Gasteiger partial charge in [0.2, 0.25) is 0 Å². The summed E-state index contributed by atoms with van der Waals surface area (Å²) in [6, 6.07) is 4.74. The molecule has 0 saturated carbocycles. The van der Waals surface area contributed by atoms with Crippen LogP contribution in [0.4, 0.5) is 0 Å². The number of benzene rings is 1. The van der Waals surface area contributed by atoms with E-state index in [-0.39, 0.29) is 17.6 Å². The highest BCUT2D eigenvalue weighted by Gasteiger charge is 2.13. The molecule has 0 saturated heterocycles. The number of esters is 1. The predicted octanol–water partition coefficient (Wildman–Crippen LogP) is 1.73. The minimum atomic E-state index is -0.277. The summed E-state index contributed by atoms with van der Waals surface area (Å²) in [4.78, 5) is 24.6. The summed E-state index contributed by atoms with van der Waals surface area (Å²) in [5.41, 5.74) is 1.18.